The molecule has 2 heterocycles. The molecule has 6 rings (SSSR count). The first-order valence-corrected chi connectivity index (χ1v) is 15.0. The van der Waals surface area contributed by atoms with Crippen LogP contribution in [0.15, 0.2) is 60.7 Å². The minimum atomic E-state index is -0.0504. The standard InChI is InChI=1S/C33H34Cl2N4O/c1-36-29-4-2-3-24(16-29)25-7-8-31-26(15-25)11-14-39(21-32(40)37-30-18-27(34)17-28(35)19-30)33(31)23-9-12-38(13-10-23)20-22-5-6-22/h2-4,7-8,15-19,22-23,33H,5-6,9-14,20-21H2,(H,37,40). The monoisotopic (exact) mass is 572 g/mol. The van der Waals surface area contributed by atoms with Gasteiger partial charge in [-0.25, -0.2) is 4.85 Å². The third kappa shape index (κ3) is 6.37. The van der Waals surface area contributed by atoms with Crippen molar-refractivity contribution in [3.63, 3.8) is 0 Å². The lowest BCUT2D eigenvalue weighted by molar-refractivity contribution is -0.118. The van der Waals surface area contributed by atoms with E-state index in [1.165, 1.54) is 30.5 Å². The number of amides is 1. The van der Waals surface area contributed by atoms with Crippen molar-refractivity contribution in [2.45, 2.75) is 38.1 Å². The minimum absolute atomic E-state index is 0.0504. The lowest BCUT2D eigenvalue weighted by Crippen LogP contribution is -2.46. The third-order valence-electron chi connectivity index (χ3n) is 8.62. The molecule has 2 aliphatic heterocycles. The van der Waals surface area contributed by atoms with Gasteiger partial charge in [0.25, 0.3) is 0 Å². The second-order valence-corrected chi connectivity index (χ2v) is 12.4. The Morgan fingerprint density at radius 3 is 2.40 bits per heavy atom. The van der Waals surface area contributed by atoms with Gasteiger partial charge in [0.1, 0.15) is 0 Å². The molecular formula is C33H34Cl2N4O. The number of carbonyl (C=O) groups excluding carboxylic acids is 1. The molecule has 7 heteroatoms. The van der Waals surface area contributed by atoms with Crippen LogP contribution in [-0.2, 0) is 11.2 Å². The molecule has 1 amide bonds. The van der Waals surface area contributed by atoms with E-state index in [4.69, 9.17) is 29.8 Å². The number of nitrogens with one attached hydrogen (secondary N) is 1. The molecule has 1 atom stereocenters. The van der Waals surface area contributed by atoms with Crippen molar-refractivity contribution in [1.29, 1.82) is 0 Å². The molecule has 0 spiro atoms. The summed E-state index contributed by atoms with van der Waals surface area (Å²) in [6.07, 6.45) is 5.95. The Hall–Kier alpha value is -2.88. The first-order chi connectivity index (χ1) is 19.4. The Labute approximate surface area is 246 Å². The number of anilines is 1. The van der Waals surface area contributed by atoms with Gasteiger partial charge in [-0.1, -0.05) is 59.6 Å². The van der Waals surface area contributed by atoms with E-state index in [0.29, 0.717) is 33.9 Å². The zero-order valence-electron chi connectivity index (χ0n) is 22.6. The Morgan fingerprint density at radius 2 is 1.68 bits per heavy atom. The molecule has 1 N–H and O–H groups in total. The van der Waals surface area contributed by atoms with Crippen molar-refractivity contribution in [3.05, 3.63) is 93.3 Å². The molecule has 0 radical (unpaired) electrons. The van der Waals surface area contributed by atoms with E-state index in [-0.39, 0.29) is 11.9 Å². The average Bonchev–Trinajstić information content (AvgIpc) is 3.77. The summed E-state index contributed by atoms with van der Waals surface area (Å²) in [5.41, 5.74) is 6.19. The van der Waals surface area contributed by atoms with Crippen LogP contribution in [0.25, 0.3) is 16.0 Å². The number of likely N-dealkylation sites (tertiary alicyclic amines) is 1. The molecule has 3 aromatic carbocycles. The molecular weight excluding hydrogens is 539 g/mol. The maximum atomic E-state index is 13.3. The Morgan fingerprint density at radius 1 is 0.925 bits per heavy atom. The Bertz CT molecular complexity index is 1420. The number of piperidine rings is 1. The molecule has 0 bridgehead atoms. The second-order valence-electron chi connectivity index (χ2n) is 11.5. The summed E-state index contributed by atoms with van der Waals surface area (Å²) >= 11 is 12.3. The van der Waals surface area contributed by atoms with Crippen LogP contribution < -0.4 is 5.32 Å². The number of rotatable bonds is 7. The predicted molar refractivity (Wildman–Crippen MR) is 163 cm³/mol. The van der Waals surface area contributed by atoms with Crippen LogP contribution in [0.1, 0.15) is 42.9 Å². The Balaban J connectivity index is 1.24. The van der Waals surface area contributed by atoms with Crippen LogP contribution >= 0.6 is 23.2 Å². The van der Waals surface area contributed by atoms with Crippen LogP contribution in [0.3, 0.4) is 0 Å². The largest absolute Gasteiger partial charge is 0.325 e. The van der Waals surface area contributed by atoms with Crippen LogP contribution in [0.2, 0.25) is 10.0 Å². The molecule has 206 valence electrons. The van der Waals surface area contributed by atoms with Gasteiger partial charge in [0.2, 0.25) is 5.91 Å². The smallest absolute Gasteiger partial charge is 0.238 e. The predicted octanol–water partition coefficient (Wildman–Crippen LogP) is 7.87. The van der Waals surface area contributed by atoms with Gasteiger partial charge >= 0.3 is 0 Å². The molecule has 3 aliphatic rings. The lowest BCUT2D eigenvalue weighted by atomic mass is 9.79. The van der Waals surface area contributed by atoms with Crippen molar-refractivity contribution in [1.82, 2.24) is 9.80 Å². The second kappa shape index (κ2) is 11.9. The normalized spacial score (nSPS) is 20.1. The van der Waals surface area contributed by atoms with E-state index in [1.54, 1.807) is 18.2 Å². The fourth-order valence-corrected chi connectivity index (χ4v) is 7.03. The van der Waals surface area contributed by atoms with Gasteiger partial charge in [-0.15, -0.1) is 0 Å². The first-order valence-electron chi connectivity index (χ1n) is 14.3. The van der Waals surface area contributed by atoms with Crippen molar-refractivity contribution in [2.75, 3.05) is 38.0 Å². The number of fused-ring (bicyclic) bond motifs is 1. The SMILES string of the molecule is [C-]#[N+]c1cccc(-c2ccc3c(c2)CCN(CC(=O)Nc2cc(Cl)cc(Cl)c2)C3C2CCN(CC3CC3)CC2)c1. The van der Waals surface area contributed by atoms with Gasteiger partial charge < -0.3 is 10.2 Å². The number of hydrogen-bond acceptors (Lipinski definition) is 3. The average molecular weight is 574 g/mol. The number of benzene rings is 3. The molecule has 1 saturated heterocycles. The molecule has 0 aromatic heterocycles. The van der Waals surface area contributed by atoms with Gasteiger partial charge in [0.05, 0.1) is 13.1 Å². The molecule has 3 aromatic rings. The maximum absolute atomic E-state index is 13.3. The lowest BCUT2D eigenvalue weighted by Gasteiger charge is -2.44. The number of hydrogen-bond donors (Lipinski definition) is 1. The van der Waals surface area contributed by atoms with Crippen molar-refractivity contribution >= 4 is 40.5 Å². The highest BCUT2D eigenvalue weighted by molar-refractivity contribution is 6.35. The molecule has 1 aliphatic carbocycles. The van der Waals surface area contributed by atoms with Crippen molar-refractivity contribution in [2.24, 2.45) is 11.8 Å². The van der Waals surface area contributed by atoms with Crippen LogP contribution in [-0.4, -0.2) is 48.4 Å². The van der Waals surface area contributed by atoms with E-state index in [9.17, 15) is 4.79 Å². The Kier molecular flexibility index (Phi) is 8.14. The van der Waals surface area contributed by atoms with Crippen LogP contribution in [0.4, 0.5) is 11.4 Å². The zero-order valence-corrected chi connectivity index (χ0v) is 24.1. The molecule has 5 nitrogen and oxygen atoms in total. The summed E-state index contributed by atoms with van der Waals surface area (Å²) in [5.74, 6) is 1.36. The summed E-state index contributed by atoms with van der Waals surface area (Å²) in [7, 11) is 0. The van der Waals surface area contributed by atoms with E-state index < -0.39 is 0 Å². The molecule has 2 fully saturated rings. The molecule has 1 unspecified atom stereocenters. The zero-order chi connectivity index (χ0) is 27.6. The summed E-state index contributed by atoms with van der Waals surface area (Å²) < 4.78 is 0. The van der Waals surface area contributed by atoms with Gasteiger partial charge in [0.15, 0.2) is 5.69 Å². The van der Waals surface area contributed by atoms with Gasteiger partial charge in [-0.2, -0.15) is 0 Å². The van der Waals surface area contributed by atoms with Crippen LogP contribution in [0.5, 0.6) is 0 Å². The van der Waals surface area contributed by atoms with E-state index >= 15 is 0 Å². The highest BCUT2D eigenvalue weighted by Gasteiger charge is 2.37. The fourth-order valence-electron chi connectivity index (χ4n) is 6.50. The number of halogens is 2. The summed E-state index contributed by atoms with van der Waals surface area (Å²) in [5, 5.41) is 4.02. The highest BCUT2D eigenvalue weighted by atomic mass is 35.5. The highest BCUT2D eigenvalue weighted by Crippen LogP contribution is 2.42. The summed E-state index contributed by atoms with van der Waals surface area (Å²) in [6.45, 7) is 12.1. The van der Waals surface area contributed by atoms with Gasteiger partial charge in [-0.3, -0.25) is 9.69 Å². The van der Waals surface area contributed by atoms with Crippen LogP contribution in [0, 0.1) is 18.4 Å². The fraction of sp³-hybridized carbons (Fsp3) is 0.394. The van der Waals surface area contributed by atoms with Gasteiger partial charge in [0, 0.05) is 34.9 Å². The number of carbonyl (C=O) groups is 1. The first kappa shape index (κ1) is 27.3. The van der Waals surface area contributed by atoms with E-state index in [0.717, 1.165) is 55.9 Å². The molecule has 40 heavy (non-hydrogen) atoms. The van der Waals surface area contributed by atoms with E-state index in [1.807, 2.05) is 18.2 Å². The molecule has 1 saturated carbocycles. The summed E-state index contributed by atoms with van der Waals surface area (Å²) in [6, 6.07) is 19.9. The van der Waals surface area contributed by atoms with E-state index in [2.05, 4.69) is 44.2 Å². The maximum Gasteiger partial charge on any atom is 0.238 e. The quantitative estimate of drug-likeness (QED) is 0.293. The van der Waals surface area contributed by atoms with Crippen molar-refractivity contribution < 1.29 is 4.79 Å². The minimum Gasteiger partial charge on any atom is -0.325 e. The third-order valence-corrected chi connectivity index (χ3v) is 9.05. The van der Waals surface area contributed by atoms with Crippen molar-refractivity contribution in [3.8, 4) is 11.1 Å². The van der Waals surface area contributed by atoms with Gasteiger partial charge in [-0.05, 0) is 104 Å². The number of nitrogens with zero attached hydrogens (tertiary/aromatic N) is 3. The topological polar surface area (TPSA) is 39.9 Å². The summed E-state index contributed by atoms with van der Waals surface area (Å²) in [4.78, 5) is 21.9.